The van der Waals surface area contributed by atoms with Gasteiger partial charge in [-0.1, -0.05) is 23.8 Å². The van der Waals surface area contributed by atoms with Gasteiger partial charge in [-0.15, -0.1) is 0 Å². The highest BCUT2D eigenvalue weighted by Crippen LogP contribution is 2.23. The number of amides is 1. The molecule has 140 valence electrons. The molecule has 0 saturated carbocycles. The van der Waals surface area contributed by atoms with Crippen molar-refractivity contribution in [3.63, 3.8) is 0 Å². The summed E-state index contributed by atoms with van der Waals surface area (Å²) in [7, 11) is -3.81. The molecule has 5 nitrogen and oxygen atoms in total. The maximum absolute atomic E-state index is 13.9. The standard InChI is InChI=1S/C18H20F2N2O3S/c1-12-7-8-17(13(2)11-12)26(24,25)21-9-10-22(14(3)23)18-15(19)5-4-6-16(18)20/h4-8,11,21H,9-10H2,1-3H3. The molecule has 2 aromatic carbocycles. The molecule has 2 aromatic rings. The number of carbonyl (C=O) groups excluding carboxylic acids is 1. The smallest absolute Gasteiger partial charge is 0.240 e. The van der Waals surface area contributed by atoms with E-state index in [2.05, 4.69) is 4.72 Å². The molecule has 0 atom stereocenters. The molecule has 0 spiro atoms. The lowest BCUT2D eigenvalue weighted by Crippen LogP contribution is -2.38. The zero-order valence-corrected chi connectivity index (χ0v) is 15.5. The van der Waals surface area contributed by atoms with Crippen LogP contribution in [0.25, 0.3) is 0 Å². The van der Waals surface area contributed by atoms with E-state index in [9.17, 15) is 22.0 Å². The molecule has 0 saturated heterocycles. The molecule has 1 N–H and O–H groups in total. The summed E-state index contributed by atoms with van der Waals surface area (Å²) < 4.78 is 55.0. The maximum Gasteiger partial charge on any atom is 0.240 e. The monoisotopic (exact) mass is 382 g/mol. The average Bonchev–Trinajstić information content (AvgIpc) is 2.52. The Hall–Kier alpha value is -2.32. The van der Waals surface area contributed by atoms with E-state index in [4.69, 9.17) is 0 Å². The molecule has 0 radical (unpaired) electrons. The third-order valence-electron chi connectivity index (χ3n) is 3.84. The summed E-state index contributed by atoms with van der Waals surface area (Å²) >= 11 is 0. The lowest BCUT2D eigenvalue weighted by molar-refractivity contribution is -0.116. The van der Waals surface area contributed by atoms with Crippen molar-refractivity contribution < 1.29 is 22.0 Å². The van der Waals surface area contributed by atoms with Gasteiger partial charge in [0, 0.05) is 20.0 Å². The summed E-state index contributed by atoms with van der Waals surface area (Å²) in [5.41, 5.74) is 1.02. The van der Waals surface area contributed by atoms with E-state index < -0.39 is 33.3 Å². The van der Waals surface area contributed by atoms with Crippen LogP contribution in [-0.2, 0) is 14.8 Å². The first-order chi connectivity index (χ1) is 12.1. The highest BCUT2D eigenvalue weighted by Gasteiger charge is 2.22. The van der Waals surface area contributed by atoms with E-state index >= 15 is 0 Å². The zero-order chi connectivity index (χ0) is 19.5. The van der Waals surface area contributed by atoms with Gasteiger partial charge in [-0.05, 0) is 37.6 Å². The van der Waals surface area contributed by atoms with Gasteiger partial charge in [-0.3, -0.25) is 4.79 Å². The Morgan fingerprint density at radius 3 is 2.27 bits per heavy atom. The first-order valence-corrected chi connectivity index (χ1v) is 9.41. The van der Waals surface area contributed by atoms with Gasteiger partial charge in [0.15, 0.2) is 0 Å². The van der Waals surface area contributed by atoms with E-state index in [1.807, 2.05) is 6.92 Å². The first kappa shape index (κ1) is 20.0. The predicted molar refractivity (Wildman–Crippen MR) is 95.5 cm³/mol. The molecule has 0 aliphatic heterocycles. The number of rotatable bonds is 6. The lowest BCUT2D eigenvalue weighted by Gasteiger charge is -2.22. The van der Waals surface area contributed by atoms with E-state index in [1.165, 1.54) is 12.1 Å². The number of aryl methyl sites for hydroxylation is 2. The number of anilines is 1. The molecular formula is C18H20F2N2O3S. The number of halogens is 2. The van der Waals surface area contributed by atoms with Gasteiger partial charge in [0.05, 0.1) is 4.90 Å². The first-order valence-electron chi connectivity index (χ1n) is 7.92. The van der Waals surface area contributed by atoms with Crippen LogP contribution in [0.1, 0.15) is 18.1 Å². The van der Waals surface area contributed by atoms with Crippen LogP contribution in [0.3, 0.4) is 0 Å². The van der Waals surface area contributed by atoms with Crippen molar-refractivity contribution in [1.82, 2.24) is 4.72 Å². The number of nitrogens with zero attached hydrogens (tertiary/aromatic N) is 1. The lowest BCUT2D eigenvalue weighted by atomic mass is 10.2. The maximum atomic E-state index is 13.9. The summed E-state index contributed by atoms with van der Waals surface area (Å²) in [6.07, 6.45) is 0. The summed E-state index contributed by atoms with van der Waals surface area (Å²) in [5, 5.41) is 0. The van der Waals surface area contributed by atoms with Gasteiger partial charge in [0.25, 0.3) is 0 Å². The SMILES string of the molecule is CC(=O)N(CCNS(=O)(=O)c1ccc(C)cc1C)c1c(F)cccc1F. The molecule has 0 heterocycles. The predicted octanol–water partition coefficient (Wildman–Crippen LogP) is 2.91. The number of benzene rings is 2. The molecule has 2 rings (SSSR count). The number of sulfonamides is 1. The second kappa shape index (κ2) is 7.92. The third-order valence-corrected chi connectivity index (χ3v) is 5.46. The number of hydrogen-bond acceptors (Lipinski definition) is 3. The summed E-state index contributed by atoms with van der Waals surface area (Å²) in [4.78, 5) is 12.8. The van der Waals surface area contributed by atoms with Crippen LogP contribution in [0.4, 0.5) is 14.5 Å². The van der Waals surface area contributed by atoms with Crippen molar-refractivity contribution in [2.24, 2.45) is 0 Å². The topological polar surface area (TPSA) is 66.5 Å². The Balaban J connectivity index is 2.17. The van der Waals surface area contributed by atoms with E-state index in [0.29, 0.717) is 5.56 Å². The summed E-state index contributed by atoms with van der Waals surface area (Å²) in [6.45, 7) is 4.29. The second-order valence-electron chi connectivity index (χ2n) is 5.91. The van der Waals surface area contributed by atoms with E-state index in [-0.39, 0.29) is 18.0 Å². The van der Waals surface area contributed by atoms with Crippen molar-refractivity contribution in [3.8, 4) is 0 Å². The minimum atomic E-state index is -3.81. The molecule has 0 unspecified atom stereocenters. The number of hydrogen-bond donors (Lipinski definition) is 1. The minimum absolute atomic E-state index is 0.120. The number of nitrogens with one attached hydrogen (secondary N) is 1. The minimum Gasteiger partial charge on any atom is -0.306 e. The van der Waals surface area contributed by atoms with Crippen LogP contribution in [0.5, 0.6) is 0 Å². The fourth-order valence-electron chi connectivity index (χ4n) is 2.64. The van der Waals surface area contributed by atoms with Crippen molar-refractivity contribution in [2.45, 2.75) is 25.7 Å². The van der Waals surface area contributed by atoms with Crippen LogP contribution >= 0.6 is 0 Å². The van der Waals surface area contributed by atoms with Crippen molar-refractivity contribution >= 4 is 21.6 Å². The van der Waals surface area contributed by atoms with Gasteiger partial charge >= 0.3 is 0 Å². The van der Waals surface area contributed by atoms with Gasteiger partial charge < -0.3 is 4.90 Å². The highest BCUT2D eigenvalue weighted by molar-refractivity contribution is 7.89. The number of para-hydroxylation sites is 1. The summed E-state index contributed by atoms with van der Waals surface area (Å²) in [5.74, 6) is -2.38. The van der Waals surface area contributed by atoms with Crippen LogP contribution in [0.15, 0.2) is 41.3 Å². The van der Waals surface area contributed by atoms with Crippen molar-refractivity contribution in [2.75, 3.05) is 18.0 Å². The fourth-order valence-corrected chi connectivity index (χ4v) is 3.89. The molecule has 8 heteroatoms. The second-order valence-corrected chi connectivity index (χ2v) is 7.64. The normalized spacial score (nSPS) is 11.4. The highest BCUT2D eigenvalue weighted by atomic mass is 32.2. The van der Waals surface area contributed by atoms with Crippen LogP contribution < -0.4 is 9.62 Å². The molecule has 0 bridgehead atoms. The molecule has 0 aliphatic carbocycles. The average molecular weight is 382 g/mol. The molecule has 0 aromatic heterocycles. The van der Waals surface area contributed by atoms with Gasteiger partial charge in [0.1, 0.15) is 17.3 Å². The van der Waals surface area contributed by atoms with Crippen LogP contribution in [0, 0.1) is 25.5 Å². The molecular weight excluding hydrogens is 362 g/mol. The van der Waals surface area contributed by atoms with Gasteiger partial charge in [-0.2, -0.15) is 0 Å². The van der Waals surface area contributed by atoms with Crippen molar-refractivity contribution in [1.29, 1.82) is 0 Å². The van der Waals surface area contributed by atoms with E-state index in [0.717, 1.165) is 29.5 Å². The van der Waals surface area contributed by atoms with Crippen LogP contribution in [-0.4, -0.2) is 27.4 Å². The molecule has 1 amide bonds. The number of carbonyl (C=O) groups is 1. The fraction of sp³-hybridized carbons (Fsp3) is 0.278. The zero-order valence-electron chi connectivity index (χ0n) is 14.7. The molecule has 0 aliphatic rings. The largest absolute Gasteiger partial charge is 0.306 e. The Morgan fingerprint density at radius 1 is 1.12 bits per heavy atom. The molecule has 0 fully saturated rings. The van der Waals surface area contributed by atoms with E-state index in [1.54, 1.807) is 19.1 Å². The van der Waals surface area contributed by atoms with Gasteiger partial charge in [0.2, 0.25) is 15.9 Å². The van der Waals surface area contributed by atoms with Gasteiger partial charge in [-0.25, -0.2) is 21.9 Å². The summed E-state index contributed by atoms with van der Waals surface area (Å²) in [6, 6.07) is 8.17. The van der Waals surface area contributed by atoms with Crippen LogP contribution in [0.2, 0.25) is 0 Å². The Labute approximate surface area is 151 Å². The third kappa shape index (κ3) is 4.44. The Morgan fingerprint density at radius 2 is 1.73 bits per heavy atom. The van der Waals surface area contributed by atoms with Crippen molar-refractivity contribution in [3.05, 3.63) is 59.2 Å². The Bertz CT molecular complexity index is 910. The Kier molecular flexibility index (Phi) is 6.09. The quantitative estimate of drug-likeness (QED) is 0.835. The molecule has 26 heavy (non-hydrogen) atoms.